The van der Waals surface area contributed by atoms with Gasteiger partial charge in [-0.15, -0.1) is 0 Å². The van der Waals surface area contributed by atoms with Gasteiger partial charge in [-0.3, -0.25) is 4.79 Å². The molecule has 1 saturated heterocycles. The molecule has 0 saturated carbocycles. The van der Waals surface area contributed by atoms with Gasteiger partial charge in [-0.2, -0.15) is 0 Å². The van der Waals surface area contributed by atoms with Crippen molar-refractivity contribution in [1.82, 2.24) is 4.90 Å². The summed E-state index contributed by atoms with van der Waals surface area (Å²) in [5, 5.41) is 0. The van der Waals surface area contributed by atoms with Gasteiger partial charge in [0.05, 0.1) is 18.0 Å². The summed E-state index contributed by atoms with van der Waals surface area (Å²) in [6, 6.07) is 5.51. The van der Waals surface area contributed by atoms with E-state index < -0.39 is 0 Å². The Balaban J connectivity index is 2.21. The number of anilines is 2. The summed E-state index contributed by atoms with van der Waals surface area (Å²) in [6.07, 6.45) is 0.998. The monoisotopic (exact) mass is 263 g/mol. The van der Waals surface area contributed by atoms with Gasteiger partial charge in [0, 0.05) is 39.4 Å². The summed E-state index contributed by atoms with van der Waals surface area (Å²) in [6.45, 7) is 3.29. The topological polar surface area (TPSA) is 58.8 Å². The zero-order chi connectivity index (χ0) is 13.8. The Morgan fingerprint density at radius 1 is 1.32 bits per heavy atom. The highest BCUT2D eigenvalue weighted by Crippen LogP contribution is 2.25. The van der Waals surface area contributed by atoms with E-state index in [1.54, 1.807) is 25.1 Å². The molecule has 2 rings (SSSR count). The van der Waals surface area contributed by atoms with Crippen molar-refractivity contribution in [2.24, 2.45) is 0 Å². The van der Waals surface area contributed by atoms with Gasteiger partial charge >= 0.3 is 0 Å². The predicted octanol–water partition coefficient (Wildman–Crippen LogP) is 1.20. The van der Waals surface area contributed by atoms with Crippen molar-refractivity contribution in [3.8, 4) is 0 Å². The third kappa shape index (κ3) is 3.17. The fourth-order valence-electron chi connectivity index (χ4n) is 2.22. The quantitative estimate of drug-likeness (QED) is 0.814. The van der Waals surface area contributed by atoms with Crippen LogP contribution >= 0.6 is 0 Å². The number of hydrogen-bond donors (Lipinski definition) is 1. The zero-order valence-corrected chi connectivity index (χ0v) is 11.6. The highest BCUT2D eigenvalue weighted by Gasteiger charge is 2.15. The molecule has 0 atom stereocenters. The highest BCUT2D eigenvalue weighted by molar-refractivity contribution is 5.95. The Morgan fingerprint density at radius 2 is 2.11 bits per heavy atom. The van der Waals surface area contributed by atoms with Crippen LogP contribution in [0.1, 0.15) is 16.8 Å². The van der Waals surface area contributed by atoms with Gasteiger partial charge < -0.3 is 20.3 Å². The normalized spacial score (nSPS) is 16.0. The number of carbonyl (C=O) groups excluding carboxylic acids is 1. The van der Waals surface area contributed by atoms with E-state index in [2.05, 4.69) is 4.90 Å². The lowest BCUT2D eigenvalue weighted by Gasteiger charge is -2.24. The molecule has 0 unspecified atom stereocenters. The lowest BCUT2D eigenvalue weighted by Crippen LogP contribution is -2.27. The van der Waals surface area contributed by atoms with Crippen molar-refractivity contribution >= 4 is 17.3 Å². The van der Waals surface area contributed by atoms with Gasteiger partial charge in [0.2, 0.25) is 0 Å². The lowest BCUT2D eigenvalue weighted by atomic mass is 10.1. The highest BCUT2D eigenvalue weighted by atomic mass is 16.5. The molecule has 1 heterocycles. The first-order valence-electron chi connectivity index (χ1n) is 6.53. The standard InChI is InChI=1S/C14H21N3O2/c1-16(2)14(18)11-4-5-13(12(15)10-11)17-6-3-8-19-9-7-17/h4-5,10H,3,6-9,15H2,1-2H3. The van der Waals surface area contributed by atoms with Crippen molar-refractivity contribution in [3.63, 3.8) is 0 Å². The largest absolute Gasteiger partial charge is 0.397 e. The van der Waals surface area contributed by atoms with Gasteiger partial charge in [-0.25, -0.2) is 0 Å². The first-order valence-corrected chi connectivity index (χ1v) is 6.53. The molecule has 1 fully saturated rings. The molecule has 1 aliphatic heterocycles. The number of nitrogens with two attached hydrogens (primary N) is 1. The van der Waals surface area contributed by atoms with Crippen LogP contribution in [0.25, 0.3) is 0 Å². The molecule has 1 aromatic carbocycles. The number of nitrogen functional groups attached to an aromatic ring is 1. The minimum Gasteiger partial charge on any atom is -0.397 e. The van der Waals surface area contributed by atoms with Gasteiger partial charge in [0.15, 0.2) is 0 Å². The average Bonchev–Trinajstić information content (AvgIpc) is 2.66. The molecule has 5 nitrogen and oxygen atoms in total. The zero-order valence-electron chi connectivity index (χ0n) is 11.6. The molecule has 1 aliphatic rings. The fourth-order valence-corrected chi connectivity index (χ4v) is 2.22. The van der Waals surface area contributed by atoms with Gasteiger partial charge in [-0.05, 0) is 24.6 Å². The van der Waals surface area contributed by atoms with Crippen LogP contribution in [-0.2, 0) is 4.74 Å². The number of carbonyl (C=O) groups is 1. The third-order valence-corrected chi connectivity index (χ3v) is 3.24. The van der Waals surface area contributed by atoms with Crippen molar-refractivity contribution in [2.75, 3.05) is 51.0 Å². The minimum atomic E-state index is -0.0301. The van der Waals surface area contributed by atoms with Gasteiger partial charge in [0.25, 0.3) is 5.91 Å². The average molecular weight is 263 g/mol. The van der Waals surface area contributed by atoms with E-state index in [-0.39, 0.29) is 5.91 Å². The molecule has 0 radical (unpaired) electrons. The SMILES string of the molecule is CN(C)C(=O)c1ccc(N2CCCOCC2)c(N)c1. The Bertz CT molecular complexity index is 452. The summed E-state index contributed by atoms with van der Waals surface area (Å²) in [4.78, 5) is 15.6. The molecular formula is C14H21N3O2. The lowest BCUT2D eigenvalue weighted by molar-refractivity contribution is 0.0827. The molecular weight excluding hydrogens is 242 g/mol. The molecule has 104 valence electrons. The molecule has 0 bridgehead atoms. The van der Waals surface area contributed by atoms with Crippen molar-refractivity contribution in [2.45, 2.75) is 6.42 Å². The molecule has 0 aliphatic carbocycles. The minimum absolute atomic E-state index is 0.0301. The number of nitrogens with zero attached hydrogens (tertiary/aromatic N) is 2. The van der Waals surface area contributed by atoms with Gasteiger partial charge in [-0.1, -0.05) is 0 Å². The summed E-state index contributed by atoms with van der Waals surface area (Å²) in [5.41, 5.74) is 8.35. The second kappa shape index (κ2) is 5.93. The van der Waals surface area contributed by atoms with E-state index in [4.69, 9.17) is 10.5 Å². The summed E-state index contributed by atoms with van der Waals surface area (Å²) >= 11 is 0. The van der Waals surface area contributed by atoms with Crippen LogP contribution in [0.15, 0.2) is 18.2 Å². The maximum atomic E-state index is 11.9. The van der Waals surface area contributed by atoms with Crippen LogP contribution in [0.5, 0.6) is 0 Å². The summed E-state index contributed by atoms with van der Waals surface area (Å²) in [7, 11) is 3.47. The first-order chi connectivity index (χ1) is 9.09. The molecule has 0 aromatic heterocycles. The predicted molar refractivity (Wildman–Crippen MR) is 76.5 cm³/mol. The number of amides is 1. The van der Waals surface area contributed by atoms with Crippen LogP contribution in [0.3, 0.4) is 0 Å². The summed E-state index contributed by atoms with van der Waals surface area (Å²) < 4.78 is 5.44. The molecule has 1 amide bonds. The van der Waals surface area contributed by atoms with E-state index >= 15 is 0 Å². The Hall–Kier alpha value is -1.75. The van der Waals surface area contributed by atoms with E-state index in [1.807, 2.05) is 12.1 Å². The van der Waals surface area contributed by atoms with Crippen molar-refractivity contribution in [1.29, 1.82) is 0 Å². The molecule has 19 heavy (non-hydrogen) atoms. The van der Waals surface area contributed by atoms with Crippen molar-refractivity contribution in [3.05, 3.63) is 23.8 Å². The van der Waals surface area contributed by atoms with Crippen LogP contribution in [0.2, 0.25) is 0 Å². The first kappa shape index (κ1) is 13.7. The molecule has 1 aromatic rings. The molecule has 2 N–H and O–H groups in total. The maximum Gasteiger partial charge on any atom is 0.253 e. The van der Waals surface area contributed by atoms with Crippen LogP contribution in [0.4, 0.5) is 11.4 Å². The van der Waals surface area contributed by atoms with E-state index in [0.717, 1.165) is 38.4 Å². The maximum absolute atomic E-state index is 11.9. The Morgan fingerprint density at radius 3 is 2.79 bits per heavy atom. The van der Waals surface area contributed by atoms with Crippen LogP contribution < -0.4 is 10.6 Å². The van der Waals surface area contributed by atoms with Gasteiger partial charge in [0.1, 0.15) is 0 Å². The number of benzene rings is 1. The number of ether oxygens (including phenoxy) is 1. The fraction of sp³-hybridized carbons (Fsp3) is 0.500. The smallest absolute Gasteiger partial charge is 0.253 e. The van der Waals surface area contributed by atoms with Crippen LogP contribution in [0, 0.1) is 0 Å². The number of rotatable bonds is 2. The third-order valence-electron chi connectivity index (χ3n) is 3.24. The second-order valence-corrected chi connectivity index (χ2v) is 4.93. The van der Waals surface area contributed by atoms with E-state index in [0.29, 0.717) is 11.3 Å². The number of hydrogen-bond acceptors (Lipinski definition) is 4. The second-order valence-electron chi connectivity index (χ2n) is 4.93. The van der Waals surface area contributed by atoms with E-state index in [1.165, 1.54) is 0 Å². The van der Waals surface area contributed by atoms with Crippen molar-refractivity contribution < 1.29 is 9.53 Å². The molecule has 5 heteroatoms. The Kier molecular flexibility index (Phi) is 4.27. The Labute approximate surface area is 113 Å². The summed E-state index contributed by atoms with van der Waals surface area (Å²) in [5.74, 6) is -0.0301. The van der Waals surface area contributed by atoms with Crippen LogP contribution in [-0.4, -0.2) is 51.2 Å². The molecule has 0 spiro atoms. The van der Waals surface area contributed by atoms with E-state index in [9.17, 15) is 4.79 Å².